The van der Waals surface area contributed by atoms with Gasteiger partial charge in [0.15, 0.2) is 6.29 Å². The Hall–Kier alpha value is -0.980. The lowest BCUT2D eigenvalue weighted by molar-refractivity contribution is -0.0974. The van der Waals surface area contributed by atoms with E-state index in [0.717, 1.165) is 6.07 Å². The number of hydrogen-bond donors (Lipinski definition) is 1. The Morgan fingerprint density at radius 2 is 2.12 bits per heavy atom. The zero-order valence-corrected chi connectivity index (χ0v) is 11.1. The zero-order valence-electron chi connectivity index (χ0n) is 9.50. The van der Waals surface area contributed by atoms with Gasteiger partial charge >= 0.3 is 0 Å². The number of nitrogens with one attached hydrogen (secondary N) is 1. The predicted molar refractivity (Wildman–Crippen MR) is 64.2 cm³/mol. The molecule has 0 aromatic heterocycles. The normalized spacial score (nSPS) is 10.6. The molecule has 0 saturated carbocycles. The summed E-state index contributed by atoms with van der Waals surface area (Å²) in [7, 11) is 2.94. The predicted octanol–water partition coefficient (Wildman–Crippen LogP) is 1.94. The molecule has 0 aliphatic heterocycles. The molecule has 1 rings (SSSR count). The van der Waals surface area contributed by atoms with E-state index in [1.807, 2.05) is 0 Å². The lowest BCUT2D eigenvalue weighted by Gasteiger charge is -2.14. The number of rotatable bonds is 5. The van der Waals surface area contributed by atoms with E-state index < -0.39 is 18.0 Å². The van der Waals surface area contributed by atoms with Gasteiger partial charge in [-0.05, 0) is 34.1 Å². The van der Waals surface area contributed by atoms with Crippen LogP contribution in [0, 0.1) is 5.82 Å². The Kier molecular flexibility index (Phi) is 5.54. The molecule has 1 aromatic carbocycles. The lowest BCUT2D eigenvalue weighted by atomic mass is 10.2. The fraction of sp³-hybridized carbons (Fsp3) is 0.364. The van der Waals surface area contributed by atoms with Crippen LogP contribution in [0.1, 0.15) is 10.4 Å². The summed E-state index contributed by atoms with van der Waals surface area (Å²) in [5.74, 6) is -0.858. The summed E-state index contributed by atoms with van der Waals surface area (Å²) >= 11 is 3.18. The van der Waals surface area contributed by atoms with Crippen LogP contribution >= 0.6 is 15.9 Å². The van der Waals surface area contributed by atoms with Crippen molar-refractivity contribution in [3.63, 3.8) is 0 Å². The molecule has 17 heavy (non-hydrogen) atoms. The van der Waals surface area contributed by atoms with Gasteiger partial charge in [0, 0.05) is 18.7 Å². The first kappa shape index (κ1) is 14.1. The van der Waals surface area contributed by atoms with E-state index in [1.165, 1.54) is 26.4 Å². The molecule has 6 heteroatoms. The van der Waals surface area contributed by atoms with Crippen LogP contribution in [0.5, 0.6) is 0 Å². The van der Waals surface area contributed by atoms with Crippen molar-refractivity contribution in [3.05, 3.63) is 34.1 Å². The topological polar surface area (TPSA) is 47.6 Å². The van der Waals surface area contributed by atoms with Crippen LogP contribution in [0.25, 0.3) is 0 Å². The van der Waals surface area contributed by atoms with Gasteiger partial charge in [-0.15, -0.1) is 0 Å². The zero-order chi connectivity index (χ0) is 12.8. The summed E-state index contributed by atoms with van der Waals surface area (Å²) in [6.45, 7) is 0.189. The van der Waals surface area contributed by atoms with Gasteiger partial charge < -0.3 is 14.8 Å². The highest BCUT2D eigenvalue weighted by Crippen LogP contribution is 2.17. The molecule has 0 heterocycles. The molecule has 0 saturated heterocycles. The molecule has 0 bridgehead atoms. The van der Waals surface area contributed by atoms with Crippen molar-refractivity contribution in [2.75, 3.05) is 20.8 Å². The van der Waals surface area contributed by atoms with E-state index >= 15 is 0 Å². The van der Waals surface area contributed by atoms with Crippen molar-refractivity contribution < 1.29 is 18.7 Å². The highest BCUT2D eigenvalue weighted by molar-refractivity contribution is 9.10. The van der Waals surface area contributed by atoms with Gasteiger partial charge in [0.05, 0.1) is 12.1 Å². The number of amides is 1. The molecule has 0 radical (unpaired) electrons. The Balaban J connectivity index is 2.66. The average molecular weight is 306 g/mol. The van der Waals surface area contributed by atoms with Crippen molar-refractivity contribution in [1.29, 1.82) is 0 Å². The Labute approximate surface area is 107 Å². The van der Waals surface area contributed by atoms with Crippen LogP contribution in [0.4, 0.5) is 4.39 Å². The quantitative estimate of drug-likeness (QED) is 0.846. The Morgan fingerprint density at radius 1 is 1.47 bits per heavy atom. The molecule has 4 nitrogen and oxygen atoms in total. The van der Waals surface area contributed by atoms with Crippen LogP contribution in [0.3, 0.4) is 0 Å². The van der Waals surface area contributed by atoms with E-state index in [4.69, 9.17) is 9.47 Å². The van der Waals surface area contributed by atoms with Crippen molar-refractivity contribution in [2.24, 2.45) is 0 Å². The molecule has 0 fully saturated rings. The summed E-state index contributed by atoms with van der Waals surface area (Å²) < 4.78 is 23.4. The van der Waals surface area contributed by atoms with E-state index in [0.29, 0.717) is 4.47 Å². The van der Waals surface area contributed by atoms with Crippen molar-refractivity contribution in [3.8, 4) is 0 Å². The lowest BCUT2D eigenvalue weighted by Crippen LogP contribution is -2.34. The number of methoxy groups -OCH3 is 2. The van der Waals surface area contributed by atoms with E-state index in [-0.39, 0.29) is 12.1 Å². The van der Waals surface area contributed by atoms with Crippen LogP contribution in [0.15, 0.2) is 22.7 Å². The number of hydrogen-bond acceptors (Lipinski definition) is 3. The second kappa shape index (κ2) is 6.68. The third kappa shape index (κ3) is 4.07. The van der Waals surface area contributed by atoms with Crippen LogP contribution < -0.4 is 5.32 Å². The summed E-state index contributed by atoms with van der Waals surface area (Å²) in [6.07, 6.45) is -0.522. The van der Waals surface area contributed by atoms with Gasteiger partial charge in [-0.3, -0.25) is 4.79 Å². The first-order valence-electron chi connectivity index (χ1n) is 4.87. The smallest absolute Gasteiger partial charge is 0.252 e. The first-order chi connectivity index (χ1) is 8.08. The number of carbonyl (C=O) groups is 1. The Bertz CT molecular complexity index is 396. The SMILES string of the molecule is COC(CNC(=O)c1cc(F)ccc1Br)OC. The minimum Gasteiger partial charge on any atom is -0.354 e. The van der Waals surface area contributed by atoms with Crippen LogP contribution in [-0.4, -0.2) is 33.0 Å². The summed E-state index contributed by atoms with van der Waals surface area (Å²) in [5, 5.41) is 2.58. The highest BCUT2D eigenvalue weighted by Gasteiger charge is 2.13. The molecule has 1 amide bonds. The van der Waals surface area contributed by atoms with Crippen LogP contribution in [-0.2, 0) is 9.47 Å². The van der Waals surface area contributed by atoms with Gasteiger partial charge in [-0.2, -0.15) is 0 Å². The third-order valence-electron chi connectivity index (χ3n) is 2.13. The maximum absolute atomic E-state index is 13.0. The van der Waals surface area contributed by atoms with E-state index in [1.54, 1.807) is 0 Å². The second-order valence-corrected chi connectivity index (χ2v) is 4.09. The largest absolute Gasteiger partial charge is 0.354 e. The fourth-order valence-electron chi connectivity index (χ4n) is 1.21. The van der Waals surface area contributed by atoms with Gasteiger partial charge in [0.1, 0.15) is 5.82 Å². The van der Waals surface area contributed by atoms with Crippen molar-refractivity contribution in [1.82, 2.24) is 5.32 Å². The monoisotopic (exact) mass is 305 g/mol. The fourth-order valence-corrected chi connectivity index (χ4v) is 1.63. The number of carbonyl (C=O) groups excluding carboxylic acids is 1. The minimum absolute atomic E-state index is 0.189. The van der Waals surface area contributed by atoms with Gasteiger partial charge in [0.25, 0.3) is 5.91 Å². The maximum atomic E-state index is 13.0. The molecule has 0 aliphatic rings. The van der Waals surface area contributed by atoms with Gasteiger partial charge in [-0.1, -0.05) is 0 Å². The first-order valence-corrected chi connectivity index (χ1v) is 5.66. The summed E-state index contributed by atoms with van der Waals surface area (Å²) in [4.78, 5) is 11.7. The van der Waals surface area contributed by atoms with Crippen LogP contribution in [0.2, 0.25) is 0 Å². The molecular formula is C11H13BrFNO3. The number of halogens is 2. The molecule has 1 aromatic rings. The summed E-state index contributed by atoms with van der Waals surface area (Å²) in [5.41, 5.74) is 0.232. The molecule has 0 spiro atoms. The van der Waals surface area contributed by atoms with E-state index in [9.17, 15) is 9.18 Å². The van der Waals surface area contributed by atoms with E-state index in [2.05, 4.69) is 21.2 Å². The maximum Gasteiger partial charge on any atom is 0.252 e. The van der Waals surface area contributed by atoms with Gasteiger partial charge in [0.2, 0.25) is 0 Å². The summed E-state index contributed by atoms with van der Waals surface area (Å²) in [6, 6.07) is 3.91. The number of benzene rings is 1. The van der Waals surface area contributed by atoms with Gasteiger partial charge in [-0.25, -0.2) is 4.39 Å². The third-order valence-corrected chi connectivity index (χ3v) is 2.82. The van der Waals surface area contributed by atoms with Crippen molar-refractivity contribution >= 4 is 21.8 Å². The highest BCUT2D eigenvalue weighted by atomic mass is 79.9. The molecular weight excluding hydrogens is 293 g/mol. The molecule has 0 atom stereocenters. The molecule has 0 aliphatic carbocycles. The standard InChI is InChI=1S/C11H13BrFNO3/c1-16-10(17-2)6-14-11(15)8-5-7(13)3-4-9(8)12/h3-5,10H,6H2,1-2H3,(H,14,15). The second-order valence-electron chi connectivity index (χ2n) is 3.24. The minimum atomic E-state index is -0.522. The number of ether oxygens (including phenoxy) is 2. The molecule has 0 unspecified atom stereocenters. The molecule has 94 valence electrons. The average Bonchev–Trinajstić information content (AvgIpc) is 2.33. The Morgan fingerprint density at radius 3 is 2.71 bits per heavy atom. The molecule has 1 N–H and O–H groups in total. The van der Waals surface area contributed by atoms with Crippen molar-refractivity contribution in [2.45, 2.75) is 6.29 Å².